The lowest BCUT2D eigenvalue weighted by molar-refractivity contribution is -0.137. The minimum atomic E-state index is -0.787. The third kappa shape index (κ3) is 65.3. The minimum Gasteiger partial charge on any atom is -0.481 e. The second kappa shape index (κ2) is 32.2. The Balaban J connectivity index is -0.000000125. The highest BCUT2D eigenvalue weighted by atomic mass is 32.1. The summed E-state index contributed by atoms with van der Waals surface area (Å²) in [6.45, 7) is 4.51. The van der Waals surface area contributed by atoms with Crippen molar-refractivity contribution in [3.8, 4) is 0 Å². The van der Waals surface area contributed by atoms with E-state index >= 15 is 0 Å². The molecule has 0 aromatic heterocycles. The molecule has 0 amide bonds. The van der Waals surface area contributed by atoms with Crippen LogP contribution in [0.25, 0.3) is 0 Å². The van der Waals surface area contributed by atoms with Crippen molar-refractivity contribution in [2.75, 3.05) is 17.3 Å². The van der Waals surface area contributed by atoms with E-state index in [2.05, 4.69) is 51.7 Å². The zero-order valence-corrected chi connectivity index (χ0v) is 18.6. The molecule has 0 bridgehead atoms. The van der Waals surface area contributed by atoms with Crippen LogP contribution in [0.5, 0.6) is 0 Å². The van der Waals surface area contributed by atoms with Crippen LogP contribution in [0.1, 0.15) is 71.6 Å². The molecule has 0 aliphatic rings. The average molecular weight is 433 g/mol. The molecule has 158 valence electrons. The van der Waals surface area contributed by atoms with Crippen LogP contribution in [-0.2, 0) is 14.4 Å². The zero-order chi connectivity index (χ0) is 21.2. The second-order valence-corrected chi connectivity index (χ2v) is 6.36. The van der Waals surface area contributed by atoms with Crippen LogP contribution in [0.3, 0.4) is 0 Å². The predicted octanol–water partition coefficient (Wildman–Crippen LogP) is 4.54. The van der Waals surface area contributed by atoms with Crippen LogP contribution in [0.15, 0.2) is 0 Å². The quantitative estimate of drug-likeness (QED) is 0.211. The lowest BCUT2D eigenvalue weighted by Gasteiger charge is -1.93. The van der Waals surface area contributed by atoms with Gasteiger partial charge in [-0.1, -0.05) is 52.4 Å². The first-order valence-corrected chi connectivity index (χ1v) is 10.6. The van der Waals surface area contributed by atoms with Gasteiger partial charge in [-0.3, -0.25) is 14.4 Å². The van der Waals surface area contributed by atoms with E-state index in [0.29, 0.717) is 17.3 Å². The van der Waals surface area contributed by atoms with Crippen LogP contribution < -0.4 is 0 Å². The van der Waals surface area contributed by atoms with E-state index in [1.54, 1.807) is 0 Å². The van der Waals surface area contributed by atoms with E-state index in [0.717, 1.165) is 0 Å². The van der Waals surface area contributed by atoms with Gasteiger partial charge in [-0.15, -0.1) is 0 Å². The molecule has 0 radical (unpaired) electrons. The van der Waals surface area contributed by atoms with Gasteiger partial charge in [0.15, 0.2) is 0 Å². The first-order valence-electron chi connectivity index (χ1n) is 8.71. The monoisotopic (exact) mass is 432 g/mol. The maximum Gasteiger partial charge on any atom is 0.304 e. The predicted molar refractivity (Wildman–Crippen MR) is 117 cm³/mol. The Labute approximate surface area is 174 Å². The summed E-state index contributed by atoms with van der Waals surface area (Å²) >= 11 is 11.0. The standard InChI is InChI=1S/C8H18.3C3H6O2S/c1-3-5-7-8-6-4-2;3*4-3(5)1-2-6/h3-8H2,1-2H3;3*6H,1-2H2,(H,4,5). The summed E-state index contributed by atoms with van der Waals surface area (Å²) in [6, 6.07) is 0. The van der Waals surface area contributed by atoms with Gasteiger partial charge < -0.3 is 15.3 Å². The molecule has 26 heavy (non-hydrogen) atoms. The van der Waals surface area contributed by atoms with E-state index < -0.39 is 17.9 Å². The Hall–Kier alpha value is -0.540. The molecule has 0 fully saturated rings. The van der Waals surface area contributed by atoms with Crippen molar-refractivity contribution in [3.63, 3.8) is 0 Å². The fourth-order valence-electron chi connectivity index (χ4n) is 1.14. The lowest BCUT2D eigenvalue weighted by atomic mass is 10.1. The molecule has 0 rings (SSSR count). The molecule has 0 heterocycles. The van der Waals surface area contributed by atoms with Crippen molar-refractivity contribution < 1.29 is 29.7 Å². The normalized spacial score (nSPS) is 8.65. The summed E-state index contributed by atoms with van der Waals surface area (Å²) in [7, 11) is 0. The molecule has 0 saturated carbocycles. The Morgan fingerprint density at radius 1 is 0.577 bits per heavy atom. The molecule has 0 aromatic carbocycles. The van der Waals surface area contributed by atoms with Crippen molar-refractivity contribution in [2.45, 2.75) is 71.6 Å². The first kappa shape index (κ1) is 33.1. The number of hydrogen-bond acceptors (Lipinski definition) is 6. The Morgan fingerprint density at radius 3 is 0.885 bits per heavy atom. The number of rotatable bonds is 11. The molecule has 0 aliphatic heterocycles. The van der Waals surface area contributed by atoms with Gasteiger partial charge in [0, 0.05) is 17.3 Å². The van der Waals surface area contributed by atoms with E-state index in [1.807, 2.05) is 0 Å². The van der Waals surface area contributed by atoms with Crippen molar-refractivity contribution in [1.82, 2.24) is 0 Å². The summed E-state index contributed by atoms with van der Waals surface area (Å²) in [6.07, 6.45) is 8.96. The summed E-state index contributed by atoms with van der Waals surface area (Å²) in [5, 5.41) is 23.6. The van der Waals surface area contributed by atoms with E-state index in [9.17, 15) is 14.4 Å². The van der Waals surface area contributed by atoms with Crippen molar-refractivity contribution in [2.24, 2.45) is 0 Å². The van der Waals surface area contributed by atoms with Gasteiger partial charge in [-0.25, -0.2) is 0 Å². The van der Waals surface area contributed by atoms with E-state index in [1.165, 1.54) is 38.5 Å². The minimum absolute atomic E-state index is 0.156. The molecule has 0 saturated heterocycles. The summed E-state index contributed by atoms with van der Waals surface area (Å²) in [4.78, 5) is 28.7. The highest BCUT2D eigenvalue weighted by molar-refractivity contribution is 7.80. The van der Waals surface area contributed by atoms with Crippen molar-refractivity contribution >= 4 is 55.8 Å². The topological polar surface area (TPSA) is 112 Å². The summed E-state index contributed by atoms with van der Waals surface area (Å²) in [5.74, 6) is -1.08. The van der Waals surface area contributed by atoms with Crippen molar-refractivity contribution in [1.29, 1.82) is 0 Å². The SMILES string of the molecule is CCCCCCCC.O=C(O)CCS.O=C(O)CCS.O=C(O)CCS. The number of carboxylic acid groups (broad SMARTS) is 3. The molecule has 3 N–H and O–H groups in total. The molecular formula is C17H36O6S3. The number of carbonyl (C=O) groups is 3. The van der Waals surface area contributed by atoms with Gasteiger partial charge in [0.2, 0.25) is 0 Å². The van der Waals surface area contributed by atoms with Gasteiger partial charge in [-0.05, 0) is 0 Å². The summed E-state index contributed by atoms with van der Waals surface area (Å²) in [5.41, 5.74) is 0. The maximum absolute atomic E-state index is 9.55. The van der Waals surface area contributed by atoms with Gasteiger partial charge >= 0.3 is 17.9 Å². The number of unbranched alkanes of at least 4 members (excludes halogenated alkanes) is 5. The first-order chi connectivity index (χ1) is 12.2. The maximum atomic E-state index is 9.55. The molecule has 9 heteroatoms. The number of carboxylic acids is 3. The summed E-state index contributed by atoms with van der Waals surface area (Å²) < 4.78 is 0. The third-order valence-corrected chi connectivity index (χ3v) is 3.10. The molecule has 0 atom stereocenters. The fourth-order valence-corrected chi connectivity index (χ4v) is 1.71. The smallest absolute Gasteiger partial charge is 0.304 e. The number of aliphatic carboxylic acids is 3. The molecule has 0 spiro atoms. The largest absolute Gasteiger partial charge is 0.481 e. The van der Waals surface area contributed by atoms with Crippen LogP contribution in [0.4, 0.5) is 0 Å². The van der Waals surface area contributed by atoms with Crippen molar-refractivity contribution in [3.05, 3.63) is 0 Å². The third-order valence-electron chi connectivity index (χ3n) is 2.43. The highest BCUT2D eigenvalue weighted by Crippen LogP contribution is 2.03. The fraction of sp³-hybridized carbons (Fsp3) is 0.824. The van der Waals surface area contributed by atoms with Gasteiger partial charge in [0.05, 0.1) is 19.3 Å². The van der Waals surface area contributed by atoms with Crippen LogP contribution in [-0.4, -0.2) is 50.5 Å². The highest BCUT2D eigenvalue weighted by Gasteiger charge is 1.89. The molecule has 0 unspecified atom stereocenters. The average Bonchev–Trinajstić information content (AvgIpc) is 2.53. The number of hydrogen-bond donors (Lipinski definition) is 6. The molecular weight excluding hydrogens is 396 g/mol. The Morgan fingerprint density at radius 2 is 0.808 bits per heavy atom. The Kier molecular flexibility index (Phi) is 40.9. The molecule has 6 nitrogen and oxygen atoms in total. The van der Waals surface area contributed by atoms with Crippen LogP contribution >= 0.6 is 37.9 Å². The molecule has 0 aliphatic carbocycles. The van der Waals surface area contributed by atoms with E-state index in [-0.39, 0.29) is 19.3 Å². The Bertz CT molecular complexity index is 271. The number of thiol groups is 3. The van der Waals surface area contributed by atoms with E-state index in [4.69, 9.17) is 15.3 Å². The van der Waals surface area contributed by atoms with Gasteiger partial charge in [0.25, 0.3) is 0 Å². The second-order valence-electron chi connectivity index (χ2n) is 5.02. The van der Waals surface area contributed by atoms with Crippen LogP contribution in [0, 0.1) is 0 Å². The molecule has 0 aromatic rings. The van der Waals surface area contributed by atoms with Crippen LogP contribution in [0.2, 0.25) is 0 Å². The zero-order valence-electron chi connectivity index (χ0n) is 15.9. The van der Waals surface area contributed by atoms with Gasteiger partial charge in [0.1, 0.15) is 0 Å². The van der Waals surface area contributed by atoms with Gasteiger partial charge in [-0.2, -0.15) is 37.9 Å². The lowest BCUT2D eigenvalue weighted by Crippen LogP contribution is -1.93.